The number of hydrogen-bond acceptors (Lipinski definition) is 5. The highest BCUT2D eigenvalue weighted by molar-refractivity contribution is 7.99. The summed E-state index contributed by atoms with van der Waals surface area (Å²) in [6.07, 6.45) is 3.50. The molecule has 2 rings (SSSR count). The fourth-order valence-corrected chi connectivity index (χ4v) is 3.08. The van der Waals surface area contributed by atoms with Crippen LogP contribution in [0, 0.1) is 0 Å². The monoisotopic (exact) mass is 306 g/mol. The van der Waals surface area contributed by atoms with Crippen molar-refractivity contribution in [3.8, 4) is 0 Å². The van der Waals surface area contributed by atoms with E-state index >= 15 is 0 Å². The number of ether oxygens (including phenoxy) is 1. The Morgan fingerprint density at radius 3 is 3.00 bits per heavy atom. The summed E-state index contributed by atoms with van der Waals surface area (Å²) < 4.78 is 7.19. The summed E-state index contributed by atoms with van der Waals surface area (Å²) in [4.78, 5) is 0. The summed E-state index contributed by atoms with van der Waals surface area (Å²) >= 11 is 1.76. The van der Waals surface area contributed by atoms with Crippen molar-refractivity contribution in [2.75, 3.05) is 32.6 Å². The number of methoxy groups -OCH3 is 1. The summed E-state index contributed by atoms with van der Waals surface area (Å²) in [6, 6.07) is 0. The van der Waals surface area contributed by atoms with Crippen LogP contribution in [0.2, 0.25) is 0 Å². The van der Waals surface area contributed by atoms with Crippen LogP contribution in [0.5, 0.6) is 0 Å². The second-order valence-corrected chi connectivity index (χ2v) is 5.70. The summed E-state index contributed by atoms with van der Waals surface area (Å²) in [5, 5.41) is 13.1. The molecular formula is C12H23ClN4OS. The number of aromatic nitrogens is 3. The highest BCUT2D eigenvalue weighted by Crippen LogP contribution is 2.24. The van der Waals surface area contributed by atoms with E-state index in [-0.39, 0.29) is 12.4 Å². The average molecular weight is 307 g/mol. The van der Waals surface area contributed by atoms with Gasteiger partial charge in [0.05, 0.1) is 0 Å². The third kappa shape index (κ3) is 4.63. The van der Waals surface area contributed by atoms with E-state index in [0.717, 1.165) is 42.9 Å². The van der Waals surface area contributed by atoms with E-state index in [1.165, 1.54) is 12.8 Å². The molecule has 0 bridgehead atoms. The molecule has 1 N–H and O–H groups in total. The number of piperidine rings is 1. The molecule has 5 nitrogen and oxygen atoms in total. The minimum Gasteiger partial charge on any atom is -0.385 e. The van der Waals surface area contributed by atoms with Crippen molar-refractivity contribution in [1.29, 1.82) is 0 Å². The molecule has 1 atom stereocenters. The Kier molecular flexibility index (Phi) is 7.75. The molecule has 1 aliphatic heterocycles. The third-order valence-electron chi connectivity index (χ3n) is 3.25. The first-order valence-electron chi connectivity index (χ1n) is 6.54. The molecule has 0 spiro atoms. The fourth-order valence-electron chi connectivity index (χ4n) is 2.25. The molecule has 19 heavy (non-hydrogen) atoms. The van der Waals surface area contributed by atoms with Crippen molar-refractivity contribution in [3.63, 3.8) is 0 Å². The summed E-state index contributed by atoms with van der Waals surface area (Å²) in [5.41, 5.74) is 0. The molecule has 1 fully saturated rings. The van der Waals surface area contributed by atoms with E-state index in [9.17, 15) is 0 Å². The molecule has 0 amide bonds. The molecule has 1 unspecified atom stereocenters. The largest absolute Gasteiger partial charge is 0.385 e. The third-order valence-corrected chi connectivity index (χ3v) is 4.36. The Balaban J connectivity index is 0.00000180. The SMILES string of the molecule is COCCCSc1nnc(C2CCCNC2)n1C.Cl. The molecule has 110 valence electrons. The average Bonchev–Trinajstić information content (AvgIpc) is 2.77. The van der Waals surface area contributed by atoms with Gasteiger partial charge in [-0.15, -0.1) is 22.6 Å². The van der Waals surface area contributed by atoms with Crippen molar-refractivity contribution in [2.45, 2.75) is 30.3 Å². The number of rotatable bonds is 6. The van der Waals surface area contributed by atoms with Gasteiger partial charge in [-0.05, 0) is 25.8 Å². The summed E-state index contributed by atoms with van der Waals surface area (Å²) in [7, 11) is 3.81. The van der Waals surface area contributed by atoms with E-state index < -0.39 is 0 Å². The smallest absolute Gasteiger partial charge is 0.190 e. The van der Waals surface area contributed by atoms with E-state index in [0.29, 0.717) is 5.92 Å². The van der Waals surface area contributed by atoms with Gasteiger partial charge in [-0.25, -0.2) is 0 Å². The second kappa shape index (κ2) is 8.79. The quantitative estimate of drug-likeness (QED) is 0.642. The maximum atomic E-state index is 5.05. The molecule has 0 saturated carbocycles. The van der Waals surface area contributed by atoms with Crippen molar-refractivity contribution >= 4 is 24.2 Å². The van der Waals surface area contributed by atoms with Crippen molar-refractivity contribution in [1.82, 2.24) is 20.1 Å². The highest BCUT2D eigenvalue weighted by Gasteiger charge is 2.21. The van der Waals surface area contributed by atoms with Crippen molar-refractivity contribution in [2.24, 2.45) is 7.05 Å². The van der Waals surface area contributed by atoms with Gasteiger partial charge < -0.3 is 14.6 Å². The molecule has 1 aromatic rings. The van der Waals surface area contributed by atoms with E-state index in [1.54, 1.807) is 18.9 Å². The first-order chi connectivity index (χ1) is 8.83. The van der Waals surface area contributed by atoms with Crippen LogP contribution in [0.25, 0.3) is 0 Å². The lowest BCUT2D eigenvalue weighted by atomic mass is 9.99. The first-order valence-corrected chi connectivity index (χ1v) is 7.53. The van der Waals surface area contributed by atoms with Gasteiger partial charge in [0.15, 0.2) is 5.16 Å². The summed E-state index contributed by atoms with van der Waals surface area (Å²) in [6.45, 7) is 2.97. The van der Waals surface area contributed by atoms with Crippen LogP contribution >= 0.6 is 24.2 Å². The van der Waals surface area contributed by atoms with E-state index in [1.807, 2.05) is 0 Å². The van der Waals surface area contributed by atoms with Gasteiger partial charge in [0.1, 0.15) is 5.82 Å². The number of nitrogens with zero attached hydrogens (tertiary/aromatic N) is 3. The van der Waals surface area contributed by atoms with Crippen LogP contribution in [0.15, 0.2) is 5.16 Å². The molecule has 0 radical (unpaired) electrons. The molecule has 1 aromatic heterocycles. The van der Waals surface area contributed by atoms with Crippen LogP contribution in [-0.4, -0.2) is 47.3 Å². The lowest BCUT2D eigenvalue weighted by Gasteiger charge is -2.21. The van der Waals surface area contributed by atoms with E-state index in [2.05, 4.69) is 27.1 Å². The molecule has 0 aromatic carbocycles. The molecule has 1 aliphatic rings. The predicted molar refractivity (Wildman–Crippen MR) is 80.3 cm³/mol. The Morgan fingerprint density at radius 1 is 1.47 bits per heavy atom. The first kappa shape index (κ1) is 16.8. The van der Waals surface area contributed by atoms with Gasteiger partial charge in [0.25, 0.3) is 0 Å². The number of nitrogens with one attached hydrogen (secondary N) is 1. The maximum Gasteiger partial charge on any atom is 0.190 e. The second-order valence-electron chi connectivity index (χ2n) is 4.64. The molecule has 2 heterocycles. The Morgan fingerprint density at radius 2 is 2.32 bits per heavy atom. The Hall–Kier alpha value is -0.300. The zero-order chi connectivity index (χ0) is 12.8. The van der Waals surface area contributed by atoms with Crippen molar-refractivity contribution in [3.05, 3.63) is 5.82 Å². The molecular weight excluding hydrogens is 284 g/mol. The van der Waals surface area contributed by atoms with Crippen LogP contribution in [0.3, 0.4) is 0 Å². The lowest BCUT2D eigenvalue weighted by Crippen LogP contribution is -2.29. The van der Waals surface area contributed by atoms with Crippen LogP contribution in [0.1, 0.15) is 31.0 Å². The van der Waals surface area contributed by atoms with Gasteiger partial charge in [0, 0.05) is 39.0 Å². The zero-order valence-electron chi connectivity index (χ0n) is 11.6. The Bertz CT molecular complexity index is 369. The maximum absolute atomic E-state index is 5.05. The van der Waals surface area contributed by atoms with Crippen LogP contribution < -0.4 is 5.32 Å². The predicted octanol–water partition coefficient (Wildman–Crippen LogP) is 1.83. The molecule has 0 aliphatic carbocycles. The molecule has 1 saturated heterocycles. The number of hydrogen-bond donors (Lipinski definition) is 1. The lowest BCUT2D eigenvalue weighted by molar-refractivity contribution is 0.200. The summed E-state index contributed by atoms with van der Waals surface area (Å²) in [5.74, 6) is 2.67. The zero-order valence-corrected chi connectivity index (χ0v) is 13.2. The minimum absolute atomic E-state index is 0. The minimum atomic E-state index is 0. The van der Waals surface area contributed by atoms with Gasteiger partial charge in [-0.2, -0.15) is 0 Å². The van der Waals surface area contributed by atoms with Gasteiger partial charge in [-0.3, -0.25) is 0 Å². The van der Waals surface area contributed by atoms with Crippen molar-refractivity contribution < 1.29 is 4.74 Å². The van der Waals surface area contributed by atoms with Gasteiger partial charge in [0.2, 0.25) is 0 Å². The van der Waals surface area contributed by atoms with Crippen LogP contribution in [0.4, 0.5) is 0 Å². The van der Waals surface area contributed by atoms with E-state index in [4.69, 9.17) is 4.74 Å². The Labute approximate surface area is 125 Å². The van der Waals surface area contributed by atoms with Gasteiger partial charge >= 0.3 is 0 Å². The van der Waals surface area contributed by atoms with Gasteiger partial charge in [-0.1, -0.05) is 11.8 Å². The molecule has 7 heteroatoms. The number of halogens is 1. The number of thioether (sulfide) groups is 1. The normalized spacial score (nSPS) is 19.2. The topological polar surface area (TPSA) is 52.0 Å². The van der Waals surface area contributed by atoms with Crippen LogP contribution in [-0.2, 0) is 11.8 Å². The standard InChI is InChI=1S/C12H22N4OS.ClH/c1-16-11(10-5-3-6-13-9-10)14-15-12(16)18-8-4-7-17-2;/h10,13H,3-9H2,1-2H3;1H. The fraction of sp³-hybridized carbons (Fsp3) is 0.833. The highest BCUT2D eigenvalue weighted by atomic mass is 35.5.